The molecule has 1 heterocycles. The van der Waals surface area contributed by atoms with Crippen molar-refractivity contribution in [1.29, 1.82) is 0 Å². The maximum atomic E-state index is 9.33. The Kier molecular flexibility index (Phi) is 3.79. The molecule has 0 amide bonds. The summed E-state index contributed by atoms with van der Waals surface area (Å²) in [5.74, 6) is 0.522. The van der Waals surface area contributed by atoms with Crippen LogP contribution < -0.4 is 5.32 Å². The molecule has 0 saturated heterocycles. The van der Waals surface area contributed by atoms with Gasteiger partial charge in [0, 0.05) is 37.0 Å². The zero-order valence-corrected chi connectivity index (χ0v) is 10.7. The van der Waals surface area contributed by atoms with E-state index in [4.69, 9.17) is 0 Å². The average molecular weight is 234 g/mol. The molecule has 1 aromatic heterocycles. The molecule has 2 N–H and O–H groups in total. The molecule has 0 aliphatic heterocycles. The van der Waals surface area contributed by atoms with E-state index < -0.39 is 0 Å². The van der Waals surface area contributed by atoms with E-state index in [1.165, 1.54) is 5.56 Å². The Morgan fingerprint density at radius 1 is 1.47 bits per heavy atom. The van der Waals surface area contributed by atoms with Crippen molar-refractivity contribution < 1.29 is 5.11 Å². The lowest BCUT2D eigenvalue weighted by Gasteiger charge is -2.25. The number of aliphatic hydroxyl groups excluding tert-OH is 1. The van der Waals surface area contributed by atoms with E-state index >= 15 is 0 Å². The molecule has 0 bridgehead atoms. The van der Waals surface area contributed by atoms with Crippen LogP contribution in [0.5, 0.6) is 0 Å². The number of hydrogen-bond acceptors (Lipinski definition) is 3. The van der Waals surface area contributed by atoms with Crippen LogP contribution in [0.2, 0.25) is 0 Å². The lowest BCUT2D eigenvalue weighted by molar-refractivity contribution is 0.200. The van der Waals surface area contributed by atoms with Crippen molar-refractivity contribution in [1.82, 2.24) is 10.3 Å². The smallest absolute Gasteiger partial charge is 0.0499 e. The van der Waals surface area contributed by atoms with Crippen LogP contribution in [0.4, 0.5) is 0 Å². The number of rotatable bonds is 6. The third-order valence-electron chi connectivity index (χ3n) is 3.70. The normalized spacial score (nSPS) is 19.3. The molecule has 2 rings (SSSR count). The minimum atomic E-state index is 0.162. The third kappa shape index (κ3) is 3.05. The Hall–Kier alpha value is -0.930. The van der Waals surface area contributed by atoms with Crippen molar-refractivity contribution in [2.75, 3.05) is 13.2 Å². The first-order chi connectivity index (χ1) is 8.17. The lowest BCUT2D eigenvalue weighted by Crippen LogP contribution is -2.32. The summed E-state index contributed by atoms with van der Waals surface area (Å²) in [5, 5.41) is 12.9. The molecule has 0 aromatic carbocycles. The molecular weight excluding hydrogens is 212 g/mol. The van der Waals surface area contributed by atoms with Crippen molar-refractivity contribution >= 4 is 0 Å². The zero-order chi connectivity index (χ0) is 12.3. The van der Waals surface area contributed by atoms with Crippen LogP contribution in [0, 0.1) is 11.3 Å². The van der Waals surface area contributed by atoms with Crippen LogP contribution >= 0.6 is 0 Å². The lowest BCUT2D eigenvalue weighted by atomic mass is 9.96. The van der Waals surface area contributed by atoms with Gasteiger partial charge in [-0.15, -0.1) is 0 Å². The number of hydrogen-bond donors (Lipinski definition) is 2. The molecule has 1 saturated carbocycles. The molecule has 1 fully saturated rings. The minimum absolute atomic E-state index is 0.162. The molecule has 3 heteroatoms. The van der Waals surface area contributed by atoms with Gasteiger partial charge < -0.3 is 10.4 Å². The summed E-state index contributed by atoms with van der Waals surface area (Å²) in [4.78, 5) is 4.18. The largest absolute Gasteiger partial charge is 0.396 e. The first-order valence-electron chi connectivity index (χ1n) is 6.41. The molecule has 1 atom stereocenters. The second-order valence-corrected chi connectivity index (χ2v) is 5.55. The van der Waals surface area contributed by atoms with Crippen molar-refractivity contribution in [3.63, 3.8) is 0 Å². The summed E-state index contributed by atoms with van der Waals surface area (Å²) < 4.78 is 0. The summed E-state index contributed by atoms with van der Waals surface area (Å²) in [6.45, 7) is 5.63. The summed E-state index contributed by atoms with van der Waals surface area (Å²) in [6, 6.07) is 4.42. The fourth-order valence-corrected chi connectivity index (χ4v) is 2.19. The van der Waals surface area contributed by atoms with Crippen LogP contribution in [0.1, 0.15) is 38.3 Å². The summed E-state index contributed by atoms with van der Waals surface area (Å²) in [5.41, 5.74) is 1.39. The number of nitrogens with one attached hydrogen (secondary N) is 1. The van der Waals surface area contributed by atoms with Crippen LogP contribution in [-0.4, -0.2) is 23.2 Å². The van der Waals surface area contributed by atoms with Gasteiger partial charge in [0.15, 0.2) is 0 Å². The maximum absolute atomic E-state index is 9.33. The molecule has 17 heavy (non-hydrogen) atoms. The van der Waals surface area contributed by atoms with E-state index in [1.54, 1.807) is 6.20 Å². The van der Waals surface area contributed by atoms with E-state index in [0.29, 0.717) is 18.6 Å². The molecule has 1 unspecified atom stereocenters. The highest BCUT2D eigenvalue weighted by atomic mass is 16.3. The predicted molar refractivity (Wildman–Crippen MR) is 68.6 cm³/mol. The molecule has 94 valence electrons. The van der Waals surface area contributed by atoms with Gasteiger partial charge in [-0.05, 0) is 30.4 Å². The molecular formula is C14H22N2O. The molecule has 0 spiro atoms. The van der Waals surface area contributed by atoms with E-state index in [2.05, 4.69) is 30.2 Å². The maximum Gasteiger partial charge on any atom is 0.0499 e. The first-order valence-corrected chi connectivity index (χ1v) is 6.41. The Morgan fingerprint density at radius 3 is 2.71 bits per heavy atom. The third-order valence-corrected chi connectivity index (χ3v) is 3.70. The molecule has 0 radical (unpaired) electrons. The summed E-state index contributed by atoms with van der Waals surface area (Å²) in [7, 11) is 0. The number of nitrogens with zero attached hydrogens (tertiary/aromatic N) is 1. The van der Waals surface area contributed by atoms with Crippen molar-refractivity contribution in [2.24, 2.45) is 11.3 Å². The van der Waals surface area contributed by atoms with E-state index in [1.807, 2.05) is 12.3 Å². The topological polar surface area (TPSA) is 45.1 Å². The number of aliphatic hydroxyl groups is 1. The van der Waals surface area contributed by atoms with Crippen LogP contribution in [0.25, 0.3) is 0 Å². The first kappa shape index (κ1) is 12.5. The highest BCUT2D eigenvalue weighted by molar-refractivity contribution is 5.15. The van der Waals surface area contributed by atoms with Crippen molar-refractivity contribution in [3.8, 4) is 0 Å². The quantitative estimate of drug-likeness (QED) is 0.792. The number of pyridine rings is 1. The van der Waals surface area contributed by atoms with Gasteiger partial charge in [-0.3, -0.25) is 4.98 Å². The molecule has 1 aliphatic carbocycles. The highest BCUT2D eigenvalue weighted by Gasteiger charge is 2.42. The number of aromatic nitrogens is 1. The molecule has 1 aliphatic rings. The van der Waals surface area contributed by atoms with Gasteiger partial charge in [0.25, 0.3) is 0 Å². The Bertz CT molecular complexity index is 346. The van der Waals surface area contributed by atoms with E-state index in [9.17, 15) is 5.11 Å². The van der Waals surface area contributed by atoms with Gasteiger partial charge in [0.05, 0.1) is 0 Å². The molecule has 1 aromatic rings. The van der Waals surface area contributed by atoms with Crippen LogP contribution in [0.3, 0.4) is 0 Å². The highest BCUT2D eigenvalue weighted by Crippen LogP contribution is 2.44. The monoisotopic (exact) mass is 234 g/mol. The van der Waals surface area contributed by atoms with Gasteiger partial charge in [-0.25, -0.2) is 0 Å². The van der Waals surface area contributed by atoms with Crippen molar-refractivity contribution in [2.45, 2.75) is 32.7 Å². The summed E-state index contributed by atoms with van der Waals surface area (Å²) in [6.07, 6.45) is 6.02. The molecule has 3 nitrogen and oxygen atoms in total. The van der Waals surface area contributed by atoms with E-state index in [0.717, 1.165) is 19.4 Å². The van der Waals surface area contributed by atoms with Crippen molar-refractivity contribution in [3.05, 3.63) is 30.1 Å². The second-order valence-electron chi connectivity index (χ2n) is 5.55. The van der Waals surface area contributed by atoms with Gasteiger partial charge in [0.1, 0.15) is 0 Å². The average Bonchev–Trinajstić information content (AvgIpc) is 3.11. The van der Waals surface area contributed by atoms with E-state index in [-0.39, 0.29) is 5.41 Å². The SMILES string of the molecule is CC(C)C(NCC1(CO)CC1)c1cccnc1. The minimum Gasteiger partial charge on any atom is -0.396 e. The predicted octanol–water partition coefficient (Wildman–Crippen LogP) is 2.14. The Balaban J connectivity index is 1.99. The van der Waals surface area contributed by atoms with Crippen LogP contribution in [-0.2, 0) is 0 Å². The van der Waals surface area contributed by atoms with Crippen LogP contribution in [0.15, 0.2) is 24.5 Å². The zero-order valence-electron chi connectivity index (χ0n) is 10.7. The van der Waals surface area contributed by atoms with Gasteiger partial charge in [-0.2, -0.15) is 0 Å². The van der Waals surface area contributed by atoms with Gasteiger partial charge in [-0.1, -0.05) is 19.9 Å². The Morgan fingerprint density at radius 2 is 2.24 bits per heavy atom. The standard InChI is InChI=1S/C14H22N2O/c1-11(2)13(12-4-3-7-15-8-12)16-9-14(10-17)5-6-14/h3-4,7-8,11,13,16-17H,5-6,9-10H2,1-2H3. The fourth-order valence-electron chi connectivity index (χ4n) is 2.19. The fraction of sp³-hybridized carbons (Fsp3) is 0.643. The Labute approximate surface area is 103 Å². The summed E-state index contributed by atoms with van der Waals surface area (Å²) >= 11 is 0. The van der Waals surface area contributed by atoms with Gasteiger partial charge >= 0.3 is 0 Å². The second kappa shape index (κ2) is 5.15. The van der Waals surface area contributed by atoms with Gasteiger partial charge in [0.2, 0.25) is 0 Å².